The minimum Gasteiger partial charge on any atom is -0.497 e. The normalized spacial score (nSPS) is 17.6. The molecule has 4 rings (SSSR count). The van der Waals surface area contributed by atoms with Crippen molar-refractivity contribution >= 4 is 23.4 Å². The van der Waals surface area contributed by atoms with Gasteiger partial charge < -0.3 is 19.3 Å². The molecule has 7 nitrogen and oxygen atoms in total. The topological polar surface area (TPSA) is 58.1 Å². The molecule has 2 aliphatic rings. The molecule has 8 heteroatoms. The number of morpholine rings is 1. The lowest BCUT2D eigenvalue weighted by Gasteiger charge is -2.36. The fourth-order valence-corrected chi connectivity index (χ4v) is 4.70. The van der Waals surface area contributed by atoms with Crippen LogP contribution in [0.5, 0.6) is 5.75 Å². The van der Waals surface area contributed by atoms with Crippen molar-refractivity contribution in [2.45, 2.75) is 5.03 Å². The van der Waals surface area contributed by atoms with Gasteiger partial charge in [0.15, 0.2) is 0 Å². The molecule has 31 heavy (non-hydrogen) atoms. The number of hydrogen-bond acceptors (Lipinski definition) is 7. The van der Waals surface area contributed by atoms with Crippen LogP contribution in [0.1, 0.15) is 10.4 Å². The first-order valence-corrected chi connectivity index (χ1v) is 11.8. The molecule has 2 aromatic rings. The van der Waals surface area contributed by atoms with E-state index in [2.05, 4.69) is 20.9 Å². The van der Waals surface area contributed by atoms with Crippen molar-refractivity contribution < 1.29 is 14.3 Å². The first-order chi connectivity index (χ1) is 15.2. The largest absolute Gasteiger partial charge is 0.497 e. The van der Waals surface area contributed by atoms with E-state index < -0.39 is 0 Å². The second kappa shape index (κ2) is 10.8. The summed E-state index contributed by atoms with van der Waals surface area (Å²) >= 11 is 1.74. The summed E-state index contributed by atoms with van der Waals surface area (Å²) in [4.78, 5) is 24.0. The fraction of sp³-hybridized carbons (Fsp3) is 0.478. The van der Waals surface area contributed by atoms with E-state index in [4.69, 9.17) is 9.47 Å². The van der Waals surface area contributed by atoms with Gasteiger partial charge >= 0.3 is 0 Å². The zero-order chi connectivity index (χ0) is 21.5. The molecule has 0 aliphatic carbocycles. The number of nitrogens with zero attached hydrogens (tertiary/aromatic N) is 4. The van der Waals surface area contributed by atoms with Crippen molar-refractivity contribution in [2.24, 2.45) is 0 Å². The average molecular weight is 443 g/mol. The van der Waals surface area contributed by atoms with Crippen LogP contribution in [-0.4, -0.2) is 92.6 Å². The Morgan fingerprint density at radius 2 is 1.90 bits per heavy atom. The number of benzene rings is 1. The highest BCUT2D eigenvalue weighted by atomic mass is 32.2. The van der Waals surface area contributed by atoms with Gasteiger partial charge in [-0.05, 0) is 24.3 Å². The second-order valence-corrected chi connectivity index (χ2v) is 8.78. The van der Waals surface area contributed by atoms with Crippen molar-refractivity contribution in [1.29, 1.82) is 0 Å². The standard InChI is InChI=1S/C23H30N4O3S/c1-29-21-4-2-3-20(17-21)26-7-9-27(10-8-26)23(28)19-5-6-22(24-18-19)31-16-13-25-11-14-30-15-12-25/h2-6,17-18H,7-16H2,1H3. The summed E-state index contributed by atoms with van der Waals surface area (Å²) in [7, 11) is 1.68. The quantitative estimate of drug-likeness (QED) is 0.611. The fourth-order valence-electron chi connectivity index (χ4n) is 3.85. The molecule has 0 saturated carbocycles. The third-order valence-corrected chi connectivity index (χ3v) is 6.65. The molecule has 2 aliphatic heterocycles. The van der Waals surface area contributed by atoms with Crippen LogP contribution in [0.15, 0.2) is 47.6 Å². The van der Waals surface area contributed by atoms with Crippen molar-refractivity contribution in [1.82, 2.24) is 14.8 Å². The third kappa shape index (κ3) is 5.90. The summed E-state index contributed by atoms with van der Waals surface area (Å²) in [6, 6.07) is 11.9. The number of pyridine rings is 1. The number of piperazine rings is 1. The number of carbonyl (C=O) groups excluding carboxylic acids is 1. The van der Waals surface area contributed by atoms with Gasteiger partial charge in [-0.25, -0.2) is 4.98 Å². The molecule has 2 saturated heterocycles. The van der Waals surface area contributed by atoms with E-state index in [-0.39, 0.29) is 5.91 Å². The second-order valence-electron chi connectivity index (χ2n) is 7.67. The Morgan fingerprint density at radius 1 is 1.10 bits per heavy atom. The highest BCUT2D eigenvalue weighted by Crippen LogP contribution is 2.23. The highest BCUT2D eigenvalue weighted by Gasteiger charge is 2.23. The van der Waals surface area contributed by atoms with Crippen LogP contribution in [0.25, 0.3) is 0 Å². The van der Waals surface area contributed by atoms with Gasteiger partial charge in [0.2, 0.25) is 0 Å². The van der Waals surface area contributed by atoms with Crippen LogP contribution in [0.3, 0.4) is 0 Å². The van der Waals surface area contributed by atoms with Gasteiger partial charge in [0.05, 0.1) is 30.9 Å². The van der Waals surface area contributed by atoms with Crippen molar-refractivity contribution in [3.63, 3.8) is 0 Å². The minimum atomic E-state index is 0.0580. The molecule has 0 unspecified atom stereocenters. The molecule has 0 N–H and O–H groups in total. The molecule has 0 radical (unpaired) electrons. The van der Waals surface area contributed by atoms with E-state index in [0.29, 0.717) is 18.7 Å². The zero-order valence-electron chi connectivity index (χ0n) is 18.0. The number of anilines is 1. The Hall–Kier alpha value is -2.29. The Kier molecular flexibility index (Phi) is 7.66. The Balaban J connectivity index is 1.24. The number of ether oxygens (including phenoxy) is 2. The molecule has 166 valence electrons. The maximum absolute atomic E-state index is 12.9. The lowest BCUT2D eigenvalue weighted by molar-refractivity contribution is 0.0410. The molecule has 1 aromatic heterocycles. The van der Waals surface area contributed by atoms with Crippen LogP contribution >= 0.6 is 11.8 Å². The molecule has 0 spiro atoms. The summed E-state index contributed by atoms with van der Waals surface area (Å²) in [6.45, 7) is 7.72. The highest BCUT2D eigenvalue weighted by molar-refractivity contribution is 7.99. The van der Waals surface area contributed by atoms with Gasteiger partial charge in [0.25, 0.3) is 5.91 Å². The molecular formula is C23H30N4O3S. The molecule has 0 bridgehead atoms. The van der Waals surface area contributed by atoms with E-state index in [1.54, 1.807) is 25.1 Å². The Bertz CT molecular complexity index is 850. The van der Waals surface area contributed by atoms with Crippen molar-refractivity contribution in [3.05, 3.63) is 48.2 Å². The first kappa shape index (κ1) is 21.9. The zero-order valence-corrected chi connectivity index (χ0v) is 18.9. The van der Waals surface area contributed by atoms with Gasteiger partial charge in [-0.3, -0.25) is 9.69 Å². The molecular weight excluding hydrogens is 412 g/mol. The lowest BCUT2D eigenvalue weighted by Crippen LogP contribution is -2.48. The summed E-state index contributed by atoms with van der Waals surface area (Å²) in [6.07, 6.45) is 1.72. The molecule has 1 aromatic carbocycles. The maximum Gasteiger partial charge on any atom is 0.255 e. The number of thioether (sulfide) groups is 1. The third-order valence-electron chi connectivity index (χ3n) is 5.73. The van der Waals surface area contributed by atoms with Gasteiger partial charge in [0, 0.05) is 69.5 Å². The van der Waals surface area contributed by atoms with E-state index in [0.717, 1.165) is 68.2 Å². The average Bonchev–Trinajstić information content (AvgIpc) is 2.85. The smallest absolute Gasteiger partial charge is 0.255 e. The number of rotatable bonds is 7. The van der Waals surface area contributed by atoms with E-state index in [9.17, 15) is 4.79 Å². The predicted octanol–water partition coefficient (Wildman–Crippen LogP) is 2.48. The van der Waals surface area contributed by atoms with E-state index >= 15 is 0 Å². The van der Waals surface area contributed by atoms with Gasteiger partial charge in [-0.1, -0.05) is 6.07 Å². The molecule has 1 amide bonds. The maximum atomic E-state index is 12.9. The van der Waals surface area contributed by atoms with E-state index in [1.165, 1.54) is 0 Å². The number of aromatic nitrogens is 1. The van der Waals surface area contributed by atoms with Crippen LogP contribution in [0, 0.1) is 0 Å². The molecule has 2 fully saturated rings. The summed E-state index contributed by atoms with van der Waals surface area (Å²) < 4.78 is 10.7. The van der Waals surface area contributed by atoms with Gasteiger partial charge in [-0.15, -0.1) is 11.8 Å². The minimum absolute atomic E-state index is 0.0580. The van der Waals surface area contributed by atoms with Gasteiger partial charge in [-0.2, -0.15) is 0 Å². The summed E-state index contributed by atoms with van der Waals surface area (Å²) in [5.74, 6) is 1.90. The summed E-state index contributed by atoms with van der Waals surface area (Å²) in [5, 5.41) is 0.965. The molecule has 3 heterocycles. The predicted molar refractivity (Wildman–Crippen MR) is 123 cm³/mol. The Labute approximate surface area is 188 Å². The molecule has 0 atom stereocenters. The van der Waals surface area contributed by atoms with Crippen LogP contribution in [0.2, 0.25) is 0 Å². The number of methoxy groups -OCH3 is 1. The van der Waals surface area contributed by atoms with E-state index in [1.807, 2.05) is 35.2 Å². The number of amides is 1. The number of carbonyl (C=O) groups is 1. The van der Waals surface area contributed by atoms with Crippen LogP contribution in [0.4, 0.5) is 5.69 Å². The number of hydrogen-bond donors (Lipinski definition) is 0. The lowest BCUT2D eigenvalue weighted by atomic mass is 10.2. The van der Waals surface area contributed by atoms with Crippen LogP contribution < -0.4 is 9.64 Å². The summed E-state index contributed by atoms with van der Waals surface area (Å²) in [5.41, 5.74) is 1.79. The van der Waals surface area contributed by atoms with Crippen molar-refractivity contribution in [2.75, 3.05) is 76.8 Å². The van der Waals surface area contributed by atoms with Gasteiger partial charge in [0.1, 0.15) is 5.75 Å². The first-order valence-electron chi connectivity index (χ1n) is 10.8. The van der Waals surface area contributed by atoms with Crippen LogP contribution in [-0.2, 0) is 4.74 Å². The Morgan fingerprint density at radius 3 is 2.61 bits per heavy atom. The van der Waals surface area contributed by atoms with Crippen molar-refractivity contribution in [3.8, 4) is 5.75 Å². The monoisotopic (exact) mass is 442 g/mol. The SMILES string of the molecule is COc1cccc(N2CCN(C(=O)c3ccc(SCCN4CCOCC4)nc3)CC2)c1.